The number of hydrogen-bond acceptors (Lipinski definition) is 3. The molecule has 1 unspecified atom stereocenters. The highest BCUT2D eigenvalue weighted by Crippen LogP contribution is 2.25. The van der Waals surface area contributed by atoms with E-state index in [4.69, 9.17) is 0 Å². The normalized spacial score (nSPS) is 15.5. The molecule has 21 heavy (non-hydrogen) atoms. The van der Waals surface area contributed by atoms with Crippen molar-refractivity contribution in [3.63, 3.8) is 0 Å². The highest BCUT2D eigenvalue weighted by molar-refractivity contribution is 5.29. The second kappa shape index (κ2) is 6.81. The van der Waals surface area contributed by atoms with Gasteiger partial charge in [0.15, 0.2) is 0 Å². The first-order chi connectivity index (χ1) is 10.4. The first-order valence-electron chi connectivity index (χ1n) is 7.98. The topological polar surface area (TPSA) is 37.8 Å². The van der Waals surface area contributed by atoms with Gasteiger partial charge in [0.25, 0.3) is 0 Å². The van der Waals surface area contributed by atoms with E-state index >= 15 is 0 Å². The molecule has 1 aliphatic carbocycles. The molecule has 1 aromatic carbocycles. The number of benzene rings is 1. The summed E-state index contributed by atoms with van der Waals surface area (Å²) in [5.41, 5.74) is 5.24. The summed E-state index contributed by atoms with van der Waals surface area (Å²) in [6.45, 7) is 3.12. The Bertz CT molecular complexity index is 580. The van der Waals surface area contributed by atoms with Crippen LogP contribution in [-0.2, 0) is 19.3 Å². The van der Waals surface area contributed by atoms with Gasteiger partial charge in [-0.15, -0.1) is 0 Å². The standard InChI is InChI=1S/C18H23N3/c1-2-19-17(14-8-4-3-5-9-14)12-18-15-10-6-7-11-16(15)20-13-21-18/h3-5,8-9,13,17,19H,2,6-7,10-12H2,1H3. The molecule has 110 valence electrons. The molecule has 0 radical (unpaired) electrons. The molecular weight excluding hydrogens is 258 g/mol. The summed E-state index contributed by atoms with van der Waals surface area (Å²) in [6.07, 6.45) is 7.47. The van der Waals surface area contributed by atoms with Crippen molar-refractivity contribution in [3.05, 3.63) is 59.2 Å². The van der Waals surface area contributed by atoms with E-state index in [0.717, 1.165) is 25.8 Å². The summed E-state index contributed by atoms with van der Waals surface area (Å²) >= 11 is 0. The Morgan fingerprint density at radius 1 is 1.10 bits per heavy atom. The number of rotatable bonds is 5. The van der Waals surface area contributed by atoms with E-state index in [1.165, 1.54) is 35.4 Å². The molecule has 0 fully saturated rings. The van der Waals surface area contributed by atoms with Crippen LogP contribution < -0.4 is 5.32 Å². The van der Waals surface area contributed by atoms with Crippen LogP contribution in [0.3, 0.4) is 0 Å². The van der Waals surface area contributed by atoms with E-state index in [0.29, 0.717) is 6.04 Å². The van der Waals surface area contributed by atoms with E-state index in [-0.39, 0.29) is 0 Å². The molecular formula is C18H23N3. The zero-order chi connectivity index (χ0) is 14.5. The summed E-state index contributed by atoms with van der Waals surface area (Å²) in [5, 5.41) is 3.59. The quantitative estimate of drug-likeness (QED) is 0.914. The number of fused-ring (bicyclic) bond motifs is 1. The predicted octanol–water partition coefficient (Wildman–Crippen LogP) is 3.25. The highest BCUT2D eigenvalue weighted by Gasteiger charge is 2.19. The summed E-state index contributed by atoms with van der Waals surface area (Å²) in [6, 6.07) is 11.0. The van der Waals surface area contributed by atoms with Crippen molar-refractivity contribution in [3.8, 4) is 0 Å². The minimum Gasteiger partial charge on any atom is -0.310 e. The van der Waals surface area contributed by atoms with Crippen LogP contribution in [0.1, 0.15) is 48.3 Å². The molecule has 1 aromatic heterocycles. The predicted molar refractivity (Wildman–Crippen MR) is 85.2 cm³/mol. The lowest BCUT2D eigenvalue weighted by Crippen LogP contribution is -2.24. The van der Waals surface area contributed by atoms with Crippen molar-refractivity contribution in [2.24, 2.45) is 0 Å². The van der Waals surface area contributed by atoms with Crippen LogP contribution in [-0.4, -0.2) is 16.5 Å². The summed E-state index contributed by atoms with van der Waals surface area (Å²) < 4.78 is 0. The van der Waals surface area contributed by atoms with E-state index < -0.39 is 0 Å². The smallest absolute Gasteiger partial charge is 0.115 e. The lowest BCUT2D eigenvalue weighted by atomic mass is 9.91. The van der Waals surface area contributed by atoms with Crippen LogP contribution in [0.15, 0.2) is 36.7 Å². The zero-order valence-electron chi connectivity index (χ0n) is 12.7. The van der Waals surface area contributed by atoms with Crippen molar-refractivity contribution in [1.29, 1.82) is 0 Å². The number of likely N-dealkylation sites (N-methyl/N-ethyl adjacent to an activating group) is 1. The molecule has 0 aliphatic heterocycles. The van der Waals surface area contributed by atoms with Crippen LogP contribution >= 0.6 is 0 Å². The Labute approximate surface area is 126 Å². The number of hydrogen-bond donors (Lipinski definition) is 1. The molecule has 3 heteroatoms. The van der Waals surface area contributed by atoms with Gasteiger partial charge in [0.1, 0.15) is 6.33 Å². The lowest BCUT2D eigenvalue weighted by Gasteiger charge is -2.22. The summed E-state index contributed by atoms with van der Waals surface area (Å²) in [4.78, 5) is 9.06. The van der Waals surface area contributed by atoms with Gasteiger partial charge in [-0.25, -0.2) is 9.97 Å². The van der Waals surface area contributed by atoms with E-state index in [9.17, 15) is 0 Å². The molecule has 1 heterocycles. The molecule has 0 amide bonds. The molecule has 2 aromatic rings. The Balaban J connectivity index is 1.86. The minimum absolute atomic E-state index is 0.331. The molecule has 0 spiro atoms. The van der Waals surface area contributed by atoms with Gasteiger partial charge in [-0.2, -0.15) is 0 Å². The zero-order valence-corrected chi connectivity index (χ0v) is 12.7. The fourth-order valence-electron chi connectivity index (χ4n) is 3.20. The molecule has 1 atom stereocenters. The molecule has 0 bridgehead atoms. The fourth-order valence-corrected chi connectivity index (χ4v) is 3.20. The number of aromatic nitrogens is 2. The number of aryl methyl sites for hydroxylation is 1. The third-order valence-electron chi connectivity index (χ3n) is 4.26. The second-order valence-electron chi connectivity index (χ2n) is 5.68. The fraction of sp³-hybridized carbons (Fsp3) is 0.444. The molecule has 0 saturated carbocycles. The van der Waals surface area contributed by atoms with Gasteiger partial charge >= 0.3 is 0 Å². The third-order valence-corrected chi connectivity index (χ3v) is 4.26. The van der Waals surface area contributed by atoms with Crippen LogP contribution in [0.25, 0.3) is 0 Å². The van der Waals surface area contributed by atoms with Crippen LogP contribution in [0.5, 0.6) is 0 Å². The highest BCUT2D eigenvalue weighted by atomic mass is 14.9. The van der Waals surface area contributed by atoms with E-state index in [1.807, 2.05) is 0 Å². The van der Waals surface area contributed by atoms with Gasteiger partial charge in [-0.3, -0.25) is 0 Å². The maximum absolute atomic E-state index is 4.59. The molecule has 0 saturated heterocycles. The Hall–Kier alpha value is -1.74. The average Bonchev–Trinajstić information content (AvgIpc) is 2.55. The summed E-state index contributed by atoms with van der Waals surface area (Å²) in [7, 11) is 0. The van der Waals surface area contributed by atoms with Gasteiger partial charge in [0.2, 0.25) is 0 Å². The SMILES string of the molecule is CCNC(Cc1ncnc2c1CCCC2)c1ccccc1. The van der Waals surface area contributed by atoms with E-state index in [1.54, 1.807) is 6.33 Å². The maximum atomic E-state index is 4.59. The van der Waals surface area contributed by atoms with Gasteiger partial charge in [0, 0.05) is 23.9 Å². The van der Waals surface area contributed by atoms with Crippen LogP contribution in [0, 0.1) is 0 Å². The van der Waals surface area contributed by atoms with Gasteiger partial charge in [-0.05, 0) is 43.4 Å². The van der Waals surface area contributed by atoms with Crippen molar-refractivity contribution < 1.29 is 0 Å². The van der Waals surface area contributed by atoms with Crippen LogP contribution in [0.4, 0.5) is 0 Å². The lowest BCUT2D eigenvalue weighted by molar-refractivity contribution is 0.535. The third kappa shape index (κ3) is 3.30. The van der Waals surface area contributed by atoms with Gasteiger partial charge < -0.3 is 5.32 Å². The number of nitrogens with zero attached hydrogens (tertiary/aromatic N) is 2. The molecule has 1 aliphatic rings. The first-order valence-corrected chi connectivity index (χ1v) is 7.98. The van der Waals surface area contributed by atoms with Crippen molar-refractivity contribution in [1.82, 2.24) is 15.3 Å². The summed E-state index contributed by atoms with van der Waals surface area (Å²) in [5.74, 6) is 0. The number of nitrogens with one attached hydrogen (secondary N) is 1. The van der Waals surface area contributed by atoms with Crippen molar-refractivity contribution >= 4 is 0 Å². The second-order valence-corrected chi connectivity index (χ2v) is 5.68. The Morgan fingerprint density at radius 3 is 2.71 bits per heavy atom. The van der Waals surface area contributed by atoms with Crippen molar-refractivity contribution in [2.45, 2.75) is 45.1 Å². The van der Waals surface area contributed by atoms with E-state index in [2.05, 4.69) is 52.5 Å². The van der Waals surface area contributed by atoms with Gasteiger partial charge in [0.05, 0.1) is 0 Å². The van der Waals surface area contributed by atoms with Gasteiger partial charge in [-0.1, -0.05) is 37.3 Å². The Morgan fingerprint density at radius 2 is 1.90 bits per heavy atom. The molecule has 1 N–H and O–H groups in total. The van der Waals surface area contributed by atoms with Crippen LogP contribution in [0.2, 0.25) is 0 Å². The maximum Gasteiger partial charge on any atom is 0.115 e. The molecule has 3 nitrogen and oxygen atoms in total. The largest absolute Gasteiger partial charge is 0.310 e. The first kappa shape index (κ1) is 14.2. The van der Waals surface area contributed by atoms with Crippen molar-refractivity contribution in [2.75, 3.05) is 6.54 Å². The monoisotopic (exact) mass is 281 g/mol. The molecule has 3 rings (SSSR count). The minimum atomic E-state index is 0.331. The average molecular weight is 281 g/mol. The Kier molecular flexibility index (Phi) is 4.61.